The van der Waals surface area contributed by atoms with Crippen LogP contribution < -0.4 is 0 Å². The van der Waals surface area contributed by atoms with Crippen LogP contribution in [0.15, 0.2) is 28.9 Å². The number of allylic oxidation sites excluding steroid dienone is 3. The highest BCUT2D eigenvalue weighted by Gasteiger charge is 1.93. The molecule has 0 aliphatic carbocycles. The van der Waals surface area contributed by atoms with Gasteiger partial charge in [-0.3, -0.25) is 4.99 Å². The van der Waals surface area contributed by atoms with Crippen LogP contribution in [0.5, 0.6) is 0 Å². The first-order valence-electron chi connectivity index (χ1n) is 3.13. The molecule has 1 aliphatic rings. The Morgan fingerprint density at radius 1 is 1.70 bits per heavy atom. The van der Waals surface area contributed by atoms with Gasteiger partial charge in [-0.05, 0) is 13.0 Å². The maximum Gasteiger partial charge on any atom is 0.0988 e. The topological polar surface area (TPSA) is 36.1 Å². The molecule has 0 unspecified atom stereocenters. The Kier molecular flexibility index (Phi) is 2.01. The highest BCUT2D eigenvalue weighted by atomic mass is 14.7. The maximum absolute atomic E-state index is 8.48. The van der Waals surface area contributed by atoms with Gasteiger partial charge in [-0.25, -0.2) is 0 Å². The van der Waals surface area contributed by atoms with Crippen molar-refractivity contribution in [3.05, 3.63) is 23.9 Å². The molecule has 1 heterocycles. The number of nitrogens with zero attached hydrogens (tertiary/aromatic N) is 2. The van der Waals surface area contributed by atoms with Crippen LogP contribution in [0.1, 0.15) is 13.3 Å². The average Bonchev–Trinajstić information content (AvgIpc) is 2.14. The molecule has 50 valence electrons. The van der Waals surface area contributed by atoms with E-state index in [4.69, 9.17) is 5.26 Å². The number of rotatable bonds is 0. The molecule has 0 aromatic carbocycles. The van der Waals surface area contributed by atoms with Crippen molar-refractivity contribution in [2.24, 2.45) is 4.99 Å². The lowest BCUT2D eigenvalue weighted by Crippen LogP contribution is -1.84. The van der Waals surface area contributed by atoms with Gasteiger partial charge in [0.15, 0.2) is 0 Å². The second-order valence-electron chi connectivity index (χ2n) is 2.16. The fraction of sp³-hybridized carbons (Fsp3) is 0.250. The monoisotopic (exact) mass is 132 g/mol. The van der Waals surface area contributed by atoms with E-state index in [1.807, 2.05) is 13.0 Å². The summed E-state index contributed by atoms with van der Waals surface area (Å²) in [6.45, 7) is 1.95. The third kappa shape index (κ3) is 1.56. The van der Waals surface area contributed by atoms with Gasteiger partial charge in [-0.1, -0.05) is 6.08 Å². The lowest BCUT2D eigenvalue weighted by atomic mass is 10.2. The Labute approximate surface area is 60.2 Å². The standard InChI is InChI=1S/C8H8N2/c1-7-2-3-8(6-9)4-5-10-7/h3-5H,2H2,1H3. The van der Waals surface area contributed by atoms with Crippen LogP contribution >= 0.6 is 0 Å². The van der Waals surface area contributed by atoms with E-state index in [0.717, 1.165) is 12.1 Å². The zero-order valence-electron chi connectivity index (χ0n) is 5.83. The summed E-state index contributed by atoms with van der Waals surface area (Å²) in [5.74, 6) is 0. The Morgan fingerprint density at radius 3 is 3.20 bits per heavy atom. The summed E-state index contributed by atoms with van der Waals surface area (Å²) in [5, 5.41) is 8.48. The highest BCUT2D eigenvalue weighted by molar-refractivity contribution is 5.84. The van der Waals surface area contributed by atoms with Gasteiger partial charge in [0.2, 0.25) is 0 Å². The van der Waals surface area contributed by atoms with Crippen LogP contribution in [-0.4, -0.2) is 5.71 Å². The Bertz CT molecular complexity index is 251. The van der Waals surface area contributed by atoms with E-state index in [1.165, 1.54) is 0 Å². The van der Waals surface area contributed by atoms with Gasteiger partial charge in [0, 0.05) is 23.9 Å². The molecule has 0 N–H and O–H groups in total. The molecule has 0 amide bonds. The van der Waals surface area contributed by atoms with Crippen LogP contribution in [0.4, 0.5) is 0 Å². The summed E-state index contributed by atoms with van der Waals surface area (Å²) in [5.41, 5.74) is 1.74. The van der Waals surface area contributed by atoms with Gasteiger partial charge in [0.25, 0.3) is 0 Å². The SMILES string of the molecule is CC1=NC=CC(C#N)=CC1. The highest BCUT2D eigenvalue weighted by Crippen LogP contribution is 2.03. The third-order valence-corrected chi connectivity index (χ3v) is 1.30. The number of hydrogen-bond acceptors (Lipinski definition) is 2. The fourth-order valence-electron chi connectivity index (χ4n) is 0.706. The molecule has 2 nitrogen and oxygen atoms in total. The van der Waals surface area contributed by atoms with E-state index in [9.17, 15) is 0 Å². The van der Waals surface area contributed by atoms with Crippen LogP contribution in [0.3, 0.4) is 0 Å². The lowest BCUT2D eigenvalue weighted by Gasteiger charge is -1.86. The first-order chi connectivity index (χ1) is 4.83. The van der Waals surface area contributed by atoms with E-state index < -0.39 is 0 Å². The molecule has 0 radical (unpaired) electrons. The quantitative estimate of drug-likeness (QED) is 0.495. The molecular weight excluding hydrogens is 124 g/mol. The van der Waals surface area contributed by atoms with Gasteiger partial charge >= 0.3 is 0 Å². The zero-order valence-corrected chi connectivity index (χ0v) is 5.83. The number of hydrogen-bond donors (Lipinski definition) is 0. The van der Waals surface area contributed by atoms with E-state index in [1.54, 1.807) is 12.3 Å². The van der Waals surface area contributed by atoms with E-state index in [0.29, 0.717) is 5.57 Å². The zero-order chi connectivity index (χ0) is 7.40. The third-order valence-electron chi connectivity index (χ3n) is 1.30. The molecule has 0 fully saturated rings. The van der Waals surface area contributed by atoms with Crippen molar-refractivity contribution < 1.29 is 0 Å². The summed E-state index contributed by atoms with van der Waals surface area (Å²) < 4.78 is 0. The van der Waals surface area contributed by atoms with Crippen molar-refractivity contribution in [1.29, 1.82) is 5.26 Å². The summed E-state index contributed by atoms with van der Waals surface area (Å²) >= 11 is 0. The molecule has 0 bridgehead atoms. The fourth-order valence-corrected chi connectivity index (χ4v) is 0.706. The van der Waals surface area contributed by atoms with Gasteiger partial charge in [0.1, 0.15) is 0 Å². The number of nitriles is 1. The van der Waals surface area contributed by atoms with Gasteiger partial charge in [0.05, 0.1) is 6.07 Å². The van der Waals surface area contributed by atoms with E-state index >= 15 is 0 Å². The predicted octanol–water partition coefficient (Wildman–Crippen LogP) is 1.81. The molecular formula is C8H8N2. The molecule has 2 heteroatoms. The largest absolute Gasteiger partial charge is 0.266 e. The van der Waals surface area contributed by atoms with Crippen molar-refractivity contribution in [3.8, 4) is 6.07 Å². The summed E-state index contributed by atoms with van der Waals surface area (Å²) in [6.07, 6.45) is 6.05. The number of aliphatic imine (C=N–C) groups is 1. The van der Waals surface area contributed by atoms with Crippen LogP contribution in [-0.2, 0) is 0 Å². The van der Waals surface area contributed by atoms with Crippen molar-refractivity contribution in [2.45, 2.75) is 13.3 Å². The molecule has 0 saturated heterocycles. The van der Waals surface area contributed by atoms with Gasteiger partial charge < -0.3 is 0 Å². The van der Waals surface area contributed by atoms with Crippen LogP contribution in [0.2, 0.25) is 0 Å². The van der Waals surface area contributed by atoms with Crippen molar-refractivity contribution in [1.82, 2.24) is 0 Å². The molecule has 10 heavy (non-hydrogen) atoms. The maximum atomic E-state index is 8.48. The minimum Gasteiger partial charge on any atom is -0.266 e. The normalized spacial score (nSPS) is 16.8. The first kappa shape index (κ1) is 6.76. The minimum atomic E-state index is 0.695. The molecule has 0 saturated carbocycles. The molecule has 1 rings (SSSR count). The molecule has 0 atom stereocenters. The van der Waals surface area contributed by atoms with Crippen molar-refractivity contribution in [3.63, 3.8) is 0 Å². The van der Waals surface area contributed by atoms with E-state index in [2.05, 4.69) is 11.1 Å². The minimum absolute atomic E-state index is 0.695. The summed E-state index contributed by atoms with van der Waals surface area (Å²) in [7, 11) is 0. The summed E-state index contributed by atoms with van der Waals surface area (Å²) in [6, 6.07) is 2.07. The van der Waals surface area contributed by atoms with Crippen molar-refractivity contribution >= 4 is 5.71 Å². The Hall–Kier alpha value is -1.36. The molecule has 0 aromatic rings. The van der Waals surface area contributed by atoms with Crippen molar-refractivity contribution in [2.75, 3.05) is 0 Å². The molecule has 0 spiro atoms. The van der Waals surface area contributed by atoms with Crippen LogP contribution in [0.25, 0.3) is 0 Å². The average molecular weight is 132 g/mol. The van der Waals surface area contributed by atoms with E-state index in [-0.39, 0.29) is 0 Å². The second-order valence-corrected chi connectivity index (χ2v) is 2.16. The summed E-state index contributed by atoms with van der Waals surface area (Å²) in [4.78, 5) is 4.05. The molecule has 0 aromatic heterocycles. The smallest absolute Gasteiger partial charge is 0.0988 e. The Morgan fingerprint density at radius 2 is 2.50 bits per heavy atom. The lowest BCUT2D eigenvalue weighted by molar-refractivity contribution is 1.39. The Balaban J connectivity index is 2.82. The van der Waals surface area contributed by atoms with Crippen LogP contribution in [0, 0.1) is 11.3 Å². The van der Waals surface area contributed by atoms with Gasteiger partial charge in [-0.15, -0.1) is 0 Å². The first-order valence-corrected chi connectivity index (χ1v) is 3.13. The van der Waals surface area contributed by atoms with Gasteiger partial charge in [-0.2, -0.15) is 5.26 Å². The predicted molar refractivity (Wildman–Crippen MR) is 40.6 cm³/mol. The second kappa shape index (κ2) is 2.98. The molecule has 1 aliphatic heterocycles.